The van der Waals surface area contributed by atoms with E-state index in [9.17, 15) is 9.90 Å². The monoisotopic (exact) mass is 376 g/mol. The quantitative estimate of drug-likeness (QED) is 0.612. The van der Waals surface area contributed by atoms with Gasteiger partial charge in [0.25, 0.3) is 0 Å². The minimum atomic E-state index is -0.577. The van der Waals surface area contributed by atoms with E-state index >= 15 is 0 Å². The van der Waals surface area contributed by atoms with Gasteiger partial charge in [0.1, 0.15) is 5.82 Å². The number of aromatic nitrogens is 2. The molecule has 144 valence electrons. The summed E-state index contributed by atoms with van der Waals surface area (Å²) in [6.07, 6.45) is 2.87. The zero-order valence-electron chi connectivity index (χ0n) is 15.8. The predicted octanol–water partition coefficient (Wildman–Crippen LogP) is 3.82. The van der Waals surface area contributed by atoms with Crippen molar-refractivity contribution in [1.29, 1.82) is 0 Å². The van der Waals surface area contributed by atoms with Gasteiger partial charge in [-0.2, -0.15) is 5.10 Å². The van der Waals surface area contributed by atoms with Crippen LogP contribution < -0.4 is 10.6 Å². The van der Waals surface area contributed by atoms with Crippen molar-refractivity contribution < 1.29 is 9.90 Å². The third-order valence-corrected chi connectivity index (χ3v) is 5.42. The van der Waals surface area contributed by atoms with Gasteiger partial charge in [-0.15, -0.1) is 0 Å². The Morgan fingerprint density at radius 1 is 1.14 bits per heavy atom. The zero-order chi connectivity index (χ0) is 19.6. The standard InChI is InChI=1S/C22H24N4O2/c1-16-7-5-6-10-18(16)26-19(11-14-24-26)25-21(28)23-15-22(12-13-22)20(27)17-8-3-2-4-9-17/h2-11,14,20,27H,12-13,15H2,1H3,(H2,23,25,28). The first-order chi connectivity index (χ1) is 13.6. The smallest absolute Gasteiger partial charge is 0.320 e. The number of benzene rings is 2. The molecule has 28 heavy (non-hydrogen) atoms. The number of carbonyl (C=O) groups excluding carboxylic acids is 1. The van der Waals surface area contributed by atoms with Gasteiger partial charge in [-0.1, -0.05) is 48.5 Å². The Hall–Kier alpha value is -3.12. The predicted molar refractivity (Wildman–Crippen MR) is 108 cm³/mol. The Morgan fingerprint density at radius 3 is 2.57 bits per heavy atom. The molecule has 1 heterocycles. The van der Waals surface area contributed by atoms with E-state index in [0.717, 1.165) is 29.7 Å². The molecule has 0 saturated heterocycles. The van der Waals surface area contributed by atoms with Crippen LogP contribution in [0.2, 0.25) is 0 Å². The molecule has 6 heteroatoms. The highest BCUT2D eigenvalue weighted by Gasteiger charge is 2.49. The highest BCUT2D eigenvalue weighted by molar-refractivity contribution is 5.88. The van der Waals surface area contributed by atoms with Gasteiger partial charge in [0.2, 0.25) is 0 Å². The summed E-state index contributed by atoms with van der Waals surface area (Å²) in [7, 11) is 0. The number of aliphatic hydroxyl groups excluding tert-OH is 1. The van der Waals surface area contributed by atoms with Gasteiger partial charge in [-0.25, -0.2) is 9.48 Å². The lowest BCUT2D eigenvalue weighted by Crippen LogP contribution is -2.36. The van der Waals surface area contributed by atoms with Crippen LogP contribution in [0.5, 0.6) is 0 Å². The Bertz CT molecular complexity index is 963. The molecule has 2 amide bonds. The molecule has 2 aromatic carbocycles. The van der Waals surface area contributed by atoms with E-state index < -0.39 is 6.10 Å². The van der Waals surface area contributed by atoms with Crippen molar-refractivity contribution >= 4 is 11.8 Å². The number of urea groups is 1. The Labute approximate surface area is 164 Å². The van der Waals surface area contributed by atoms with Crippen molar-refractivity contribution in [1.82, 2.24) is 15.1 Å². The van der Waals surface area contributed by atoms with Crippen LogP contribution in [0, 0.1) is 12.3 Å². The van der Waals surface area contributed by atoms with Crippen LogP contribution in [0.15, 0.2) is 66.9 Å². The van der Waals surface area contributed by atoms with Gasteiger partial charge in [0, 0.05) is 18.0 Å². The maximum Gasteiger partial charge on any atom is 0.320 e. The Morgan fingerprint density at radius 2 is 1.86 bits per heavy atom. The minimum absolute atomic E-state index is 0.283. The minimum Gasteiger partial charge on any atom is -0.388 e. The van der Waals surface area contributed by atoms with Gasteiger partial charge in [-0.05, 0) is 37.0 Å². The fraction of sp³-hybridized carbons (Fsp3) is 0.273. The first-order valence-corrected chi connectivity index (χ1v) is 9.47. The van der Waals surface area contributed by atoms with Crippen molar-refractivity contribution in [2.45, 2.75) is 25.9 Å². The second kappa shape index (κ2) is 7.48. The topological polar surface area (TPSA) is 79.2 Å². The fourth-order valence-corrected chi connectivity index (χ4v) is 3.50. The van der Waals surface area contributed by atoms with E-state index in [2.05, 4.69) is 15.7 Å². The number of hydrogen-bond donors (Lipinski definition) is 3. The molecular weight excluding hydrogens is 352 g/mol. The molecule has 0 spiro atoms. The average Bonchev–Trinajstić information content (AvgIpc) is 3.39. The summed E-state index contributed by atoms with van der Waals surface area (Å²) >= 11 is 0. The van der Waals surface area contributed by atoms with Crippen LogP contribution in [0.25, 0.3) is 5.69 Å². The van der Waals surface area contributed by atoms with E-state index in [-0.39, 0.29) is 11.4 Å². The molecule has 1 aromatic heterocycles. The Kier molecular flexibility index (Phi) is 4.88. The normalized spacial score (nSPS) is 15.6. The van der Waals surface area contributed by atoms with Crippen LogP contribution in [0.1, 0.15) is 30.1 Å². The van der Waals surface area contributed by atoms with Gasteiger partial charge in [0.05, 0.1) is 18.0 Å². The second-order valence-electron chi connectivity index (χ2n) is 7.40. The number of rotatable bonds is 6. The van der Waals surface area contributed by atoms with Crippen LogP contribution >= 0.6 is 0 Å². The zero-order valence-corrected chi connectivity index (χ0v) is 15.8. The highest BCUT2D eigenvalue weighted by Crippen LogP contribution is 2.54. The summed E-state index contributed by atoms with van der Waals surface area (Å²) in [5.41, 5.74) is 2.59. The molecule has 3 aromatic rings. The van der Waals surface area contributed by atoms with E-state index in [0.29, 0.717) is 12.4 Å². The maximum atomic E-state index is 12.5. The summed E-state index contributed by atoms with van der Waals surface area (Å²) in [6, 6.07) is 18.9. The summed E-state index contributed by atoms with van der Waals surface area (Å²) in [5, 5.41) is 20.8. The number of aryl methyl sites for hydroxylation is 1. The van der Waals surface area contributed by atoms with Gasteiger partial charge < -0.3 is 10.4 Å². The molecule has 1 aliphatic rings. The summed E-state index contributed by atoms with van der Waals surface area (Å²) in [4.78, 5) is 12.5. The van der Waals surface area contributed by atoms with E-state index in [4.69, 9.17) is 0 Å². The largest absolute Gasteiger partial charge is 0.388 e. The average molecular weight is 376 g/mol. The van der Waals surface area contributed by atoms with Crippen LogP contribution in [-0.4, -0.2) is 27.5 Å². The van der Waals surface area contributed by atoms with Crippen molar-refractivity contribution in [2.75, 3.05) is 11.9 Å². The fourth-order valence-electron chi connectivity index (χ4n) is 3.50. The summed E-state index contributed by atoms with van der Waals surface area (Å²) in [6.45, 7) is 2.43. The number of nitrogens with zero attached hydrogens (tertiary/aromatic N) is 2. The second-order valence-corrected chi connectivity index (χ2v) is 7.40. The van der Waals surface area contributed by atoms with Gasteiger partial charge >= 0.3 is 6.03 Å². The number of amides is 2. The van der Waals surface area contributed by atoms with Crippen LogP contribution in [0.3, 0.4) is 0 Å². The first kappa shape index (κ1) is 18.3. The molecule has 3 N–H and O–H groups in total. The Balaban J connectivity index is 1.40. The molecule has 6 nitrogen and oxygen atoms in total. The van der Waals surface area contributed by atoms with Crippen molar-refractivity contribution in [2.24, 2.45) is 5.41 Å². The SMILES string of the molecule is Cc1ccccc1-n1nccc1NC(=O)NCC1(C(O)c2ccccc2)CC1. The highest BCUT2D eigenvalue weighted by atomic mass is 16.3. The molecule has 0 bridgehead atoms. The van der Waals surface area contributed by atoms with Gasteiger partial charge in [-0.3, -0.25) is 5.32 Å². The van der Waals surface area contributed by atoms with Crippen LogP contribution in [-0.2, 0) is 0 Å². The van der Waals surface area contributed by atoms with Crippen LogP contribution in [0.4, 0.5) is 10.6 Å². The first-order valence-electron chi connectivity index (χ1n) is 9.47. The number of carbonyl (C=O) groups is 1. The summed E-state index contributed by atoms with van der Waals surface area (Å²) in [5.74, 6) is 0.597. The van der Waals surface area contributed by atoms with E-state index in [1.165, 1.54) is 0 Å². The third-order valence-electron chi connectivity index (χ3n) is 5.42. The third kappa shape index (κ3) is 3.64. The molecule has 0 aliphatic heterocycles. The molecule has 0 radical (unpaired) electrons. The molecule has 1 atom stereocenters. The maximum absolute atomic E-state index is 12.5. The van der Waals surface area contributed by atoms with Crippen molar-refractivity contribution in [3.8, 4) is 5.69 Å². The van der Waals surface area contributed by atoms with E-state index in [1.807, 2.05) is 61.5 Å². The lowest BCUT2D eigenvalue weighted by Gasteiger charge is -2.23. The molecule has 1 aliphatic carbocycles. The molecular formula is C22H24N4O2. The number of hydrogen-bond acceptors (Lipinski definition) is 3. The lowest BCUT2D eigenvalue weighted by atomic mass is 9.93. The number of nitrogens with one attached hydrogen (secondary N) is 2. The number of aliphatic hydroxyl groups is 1. The lowest BCUT2D eigenvalue weighted by molar-refractivity contribution is 0.0936. The summed E-state index contributed by atoms with van der Waals surface area (Å²) < 4.78 is 1.71. The number of anilines is 1. The molecule has 1 unspecified atom stereocenters. The van der Waals surface area contributed by atoms with Crippen molar-refractivity contribution in [3.05, 3.63) is 78.0 Å². The molecule has 1 saturated carbocycles. The van der Waals surface area contributed by atoms with Crippen molar-refractivity contribution in [3.63, 3.8) is 0 Å². The van der Waals surface area contributed by atoms with Gasteiger partial charge in [0.15, 0.2) is 0 Å². The molecule has 1 fully saturated rings. The number of para-hydroxylation sites is 1. The molecule has 4 rings (SSSR count). The van der Waals surface area contributed by atoms with E-state index in [1.54, 1.807) is 16.9 Å².